The number of likely N-dealkylation sites (N-methyl/N-ethyl adjacent to an activating group) is 1. The highest BCUT2D eigenvalue weighted by molar-refractivity contribution is 6.33. The summed E-state index contributed by atoms with van der Waals surface area (Å²) < 4.78 is 5.42. The van der Waals surface area contributed by atoms with Crippen molar-refractivity contribution < 1.29 is 4.74 Å². The van der Waals surface area contributed by atoms with E-state index in [-0.39, 0.29) is 0 Å². The average Bonchev–Trinajstić information content (AvgIpc) is 2.45. The number of rotatable bonds is 10. The lowest BCUT2D eigenvalue weighted by Gasteiger charge is -2.24. The van der Waals surface area contributed by atoms with Gasteiger partial charge in [-0.1, -0.05) is 24.6 Å². The molecule has 0 aliphatic carbocycles. The molecule has 0 bridgehead atoms. The van der Waals surface area contributed by atoms with Gasteiger partial charge < -0.3 is 15.0 Å². The third-order valence-electron chi connectivity index (χ3n) is 3.20. The van der Waals surface area contributed by atoms with Crippen LogP contribution in [-0.4, -0.2) is 32.8 Å². The molecule has 0 spiro atoms. The summed E-state index contributed by atoms with van der Waals surface area (Å²) in [7, 11) is 0. The van der Waals surface area contributed by atoms with E-state index in [2.05, 4.69) is 42.3 Å². The molecule has 0 aromatic heterocycles. The van der Waals surface area contributed by atoms with Crippen LogP contribution in [0.3, 0.4) is 0 Å². The third-order valence-corrected chi connectivity index (χ3v) is 3.50. The van der Waals surface area contributed by atoms with Crippen LogP contribution >= 0.6 is 11.6 Å². The number of nitrogens with one attached hydrogen (secondary N) is 1. The van der Waals surface area contributed by atoms with E-state index in [1.54, 1.807) is 0 Å². The monoisotopic (exact) mass is 298 g/mol. The Kier molecular flexibility index (Phi) is 8.67. The zero-order valence-electron chi connectivity index (χ0n) is 12.9. The normalized spacial score (nSPS) is 10.8. The van der Waals surface area contributed by atoms with Crippen LogP contribution in [0, 0.1) is 0 Å². The molecule has 0 aliphatic heterocycles. The van der Waals surface area contributed by atoms with Gasteiger partial charge in [0.2, 0.25) is 0 Å². The lowest BCUT2D eigenvalue weighted by atomic mass is 10.2. The summed E-state index contributed by atoms with van der Waals surface area (Å²) in [4.78, 5) is 2.25. The van der Waals surface area contributed by atoms with Crippen molar-refractivity contribution in [3.05, 3.63) is 28.8 Å². The molecule has 4 heteroatoms. The standard InChI is InChI=1S/C16H27ClN2O/c1-4-9-18-13-14-7-8-16(15(17)12-14)19(5-2)10-11-20-6-3/h7-8,12,18H,4-6,9-11,13H2,1-3H3. The first-order chi connectivity index (χ1) is 9.72. The molecule has 0 saturated carbocycles. The molecule has 3 nitrogen and oxygen atoms in total. The van der Waals surface area contributed by atoms with Gasteiger partial charge in [0.1, 0.15) is 0 Å². The Hall–Kier alpha value is -0.770. The summed E-state index contributed by atoms with van der Waals surface area (Å²) in [6.45, 7) is 11.5. The Morgan fingerprint density at radius 1 is 1.25 bits per heavy atom. The van der Waals surface area contributed by atoms with E-state index in [9.17, 15) is 0 Å². The van der Waals surface area contributed by atoms with Gasteiger partial charge in [0.25, 0.3) is 0 Å². The molecule has 0 unspecified atom stereocenters. The highest BCUT2D eigenvalue weighted by Crippen LogP contribution is 2.26. The Morgan fingerprint density at radius 2 is 2.05 bits per heavy atom. The minimum absolute atomic E-state index is 0.737. The molecular weight excluding hydrogens is 272 g/mol. The fourth-order valence-corrected chi connectivity index (χ4v) is 2.42. The molecule has 1 aromatic carbocycles. The maximum atomic E-state index is 6.42. The van der Waals surface area contributed by atoms with Crippen molar-refractivity contribution in [2.75, 3.05) is 37.7 Å². The van der Waals surface area contributed by atoms with Crippen LogP contribution in [-0.2, 0) is 11.3 Å². The number of hydrogen-bond acceptors (Lipinski definition) is 3. The highest BCUT2D eigenvalue weighted by Gasteiger charge is 2.09. The van der Waals surface area contributed by atoms with Gasteiger partial charge in [0, 0.05) is 26.2 Å². The number of hydrogen-bond donors (Lipinski definition) is 1. The first-order valence-corrected chi connectivity index (χ1v) is 7.92. The Labute approximate surface area is 128 Å². The molecule has 1 aromatic rings. The second kappa shape index (κ2) is 10.0. The van der Waals surface area contributed by atoms with Gasteiger partial charge in [-0.25, -0.2) is 0 Å². The number of nitrogens with zero attached hydrogens (tertiary/aromatic N) is 1. The van der Waals surface area contributed by atoms with E-state index >= 15 is 0 Å². The smallest absolute Gasteiger partial charge is 0.0642 e. The Bertz CT molecular complexity index is 385. The summed E-state index contributed by atoms with van der Waals surface area (Å²) in [5, 5.41) is 4.21. The van der Waals surface area contributed by atoms with E-state index in [4.69, 9.17) is 16.3 Å². The van der Waals surface area contributed by atoms with Gasteiger partial charge in [-0.05, 0) is 44.5 Å². The van der Waals surface area contributed by atoms with Crippen LogP contribution in [0.4, 0.5) is 5.69 Å². The minimum Gasteiger partial charge on any atom is -0.380 e. The van der Waals surface area contributed by atoms with Crippen molar-refractivity contribution in [2.45, 2.75) is 33.7 Å². The first kappa shape index (κ1) is 17.3. The lowest BCUT2D eigenvalue weighted by molar-refractivity contribution is 0.154. The molecule has 0 heterocycles. The highest BCUT2D eigenvalue weighted by atomic mass is 35.5. The number of ether oxygens (including phenoxy) is 1. The minimum atomic E-state index is 0.737. The van der Waals surface area contributed by atoms with Crippen LogP contribution < -0.4 is 10.2 Å². The van der Waals surface area contributed by atoms with E-state index in [1.165, 1.54) is 5.56 Å². The van der Waals surface area contributed by atoms with Crippen LogP contribution in [0.5, 0.6) is 0 Å². The molecule has 1 rings (SSSR count). The van der Waals surface area contributed by atoms with Gasteiger partial charge in [0.15, 0.2) is 0 Å². The van der Waals surface area contributed by atoms with Crippen molar-refractivity contribution >= 4 is 17.3 Å². The SMILES string of the molecule is CCCNCc1ccc(N(CC)CCOCC)c(Cl)c1. The largest absolute Gasteiger partial charge is 0.380 e. The van der Waals surface area contributed by atoms with Crippen molar-refractivity contribution in [2.24, 2.45) is 0 Å². The zero-order chi connectivity index (χ0) is 14.8. The van der Waals surface area contributed by atoms with Crippen LogP contribution in [0.25, 0.3) is 0 Å². The average molecular weight is 299 g/mol. The summed E-state index contributed by atoms with van der Waals surface area (Å²) in [5.41, 5.74) is 2.32. The predicted octanol–water partition coefficient (Wildman–Crippen LogP) is 3.70. The summed E-state index contributed by atoms with van der Waals surface area (Å²) >= 11 is 6.42. The summed E-state index contributed by atoms with van der Waals surface area (Å²) in [5.74, 6) is 0. The van der Waals surface area contributed by atoms with Crippen molar-refractivity contribution in [1.82, 2.24) is 5.32 Å². The van der Waals surface area contributed by atoms with Crippen LogP contribution in [0.1, 0.15) is 32.8 Å². The number of halogens is 1. The fraction of sp³-hybridized carbons (Fsp3) is 0.625. The predicted molar refractivity (Wildman–Crippen MR) is 87.8 cm³/mol. The number of anilines is 1. The van der Waals surface area contributed by atoms with Gasteiger partial charge in [-0.15, -0.1) is 0 Å². The maximum Gasteiger partial charge on any atom is 0.0642 e. The molecular formula is C16H27ClN2O. The zero-order valence-corrected chi connectivity index (χ0v) is 13.7. The quantitative estimate of drug-likeness (QED) is 0.667. The molecule has 0 radical (unpaired) electrons. The van der Waals surface area contributed by atoms with Gasteiger partial charge >= 0.3 is 0 Å². The topological polar surface area (TPSA) is 24.5 Å². The van der Waals surface area contributed by atoms with Crippen molar-refractivity contribution in [1.29, 1.82) is 0 Å². The molecule has 0 amide bonds. The Balaban J connectivity index is 2.64. The molecule has 0 saturated heterocycles. The lowest BCUT2D eigenvalue weighted by Crippen LogP contribution is -2.27. The molecule has 20 heavy (non-hydrogen) atoms. The Morgan fingerprint density at radius 3 is 2.65 bits per heavy atom. The summed E-state index contributed by atoms with van der Waals surface area (Å²) in [6, 6.07) is 6.32. The molecule has 1 N–H and O–H groups in total. The third kappa shape index (κ3) is 5.70. The molecule has 0 aliphatic rings. The van der Waals surface area contributed by atoms with E-state index < -0.39 is 0 Å². The molecule has 0 fully saturated rings. The van der Waals surface area contributed by atoms with Gasteiger partial charge in [0.05, 0.1) is 17.3 Å². The van der Waals surface area contributed by atoms with E-state index in [0.29, 0.717) is 0 Å². The van der Waals surface area contributed by atoms with E-state index in [0.717, 1.165) is 56.5 Å². The fourth-order valence-electron chi connectivity index (χ4n) is 2.09. The van der Waals surface area contributed by atoms with E-state index in [1.807, 2.05) is 6.92 Å². The second-order valence-electron chi connectivity index (χ2n) is 4.74. The summed E-state index contributed by atoms with van der Waals surface area (Å²) in [6.07, 6.45) is 1.15. The van der Waals surface area contributed by atoms with Crippen LogP contribution in [0.2, 0.25) is 5.02 Å². The van der Waals surface area contributed by atoms with Gasteiger partial charge in [-0.3, -0.25) is 0 Å². The maximum absolute atomic E-state index is 6.42. The molecule has 114 valence electrons. The van der Waals surface area contributed by atoms with Crippen molar-refractivity contribution in [3.8, 4) is 0 Å². The van der Waals surface area contributed by atoms with Crippen LogP contribution in [0.15, 0.2) is 18.2 Å². The van der Waals surface area contributed by atoms with Gasteiger partial charge in [-0.2, -0.15) is 0 Å². The number of benzene rings is 1. The second-order valence-corrected chi connectivity index (χ2v) is 5.15. The first-order valence-electron chi connectivity index (χ1n) is 7.54. The molecule has 0 atom stereocenters. The van der Waals surface area contributed by atoms with Crippen molar-refractivity contribution in [3.63, 3.8) is 0 Å².